The van der Waals surface area contributed by atoms with Crippen LogP contribution in [0.4, 0.5) is 0 Å². The Bertz CT molecular complexity index is 962. The van der Waals surface area contributed by atoms with Crippen LogP contribution in [0.5, 0.6) is 0 Å². The van der Waals surface area contributed by atoms with E-state index in [4.69, 9.17) is 11.6 Å². The van der Waals surface area contributed by atoms with Gasteiger partial charge in [0.05, 0.1) is 11.7 Å². The second-order valence-electron chi connectivity index (χ2n) is 6.28. The van der Waals surface area contributed by atoms with Gasteiger partial charge in [-0.15, -0.1) is 11.3 Å². The highest BCUT2D eigenvalue weighted by molar-refractivity contribution is 7.17. The fourth-order valence-corrected chi connectivity index (χ4v) is 4.36. The van der Waals surface area contributed by atoms with Crippen LogP contribution in [0.1, 0.15) is 27.0 Å². The molecule has 3 aromatic rings. The number of hydrogen-bond donors (Lipinski definition) is 1. The Balaban J connectivity index is 1.65. The van der Waals surface area contributed by atoms with E-state index >= 15 is 0 Å². The second-order valence-corrected chi connectivity index (χ2v) is 7.71. The van der Waals surface area contributed by atoms with Crippen molar-refractivity contribution >= 4 is 28.8 Å². The maximum atomic E-state index is 13.3. The van der Waals surface area contributed by atoms with Crippen molar-refractivity contribution in [2.45, 2.75) is 13.0 Å². The van der Waals surface area contributed by atoms with Crippen molar-refractivity contribution in [3.05, 3.63) is 63.9 Å². The molecule has 1 N–H and O–H groups in total. The van der Waals surface area contributed by atoms with Gasteiger partial charge in [-0.3, -0.25) is 4.79 Å². The third-order valence-corrected chi connectivity index (χ3v) is 5.86. The molecule has 27 heavy (non-hydrogen) atoms. The number of rotatable bonds is 3. The topological polar surface area (TPSA) is 71.0 Å². The normalized spacial score (nSPS) is 17.1. The number of aryl methyl sites for hydroxylation is 1. The number of nitrogens with zero attached hydrogens (tertiary/aromatic N) is 4. The first kappa shape index (κ1) is 18.0. The van der Waals surface area contributed by atoms with Crippen molar-refractivity contribution < 1.29 is 4.79 Å². The first-order valence-corrected chi connectivity index (χ1v) is 9.85. The fraction of sp³-hybridized carbons (Fsp3) is 0.263. The molecule has 8 heteroatoms. The predicted molar refractivity (Wildman–Crippen MR) is 106 cm³/mol. The smallest absolute Gasteiger partial charge is 0.266 e. The van der Waals surface area contributed by atoms with Gasteiger partial charge in [0.2, 0.25) is 0 Å². The summed E-state index contributed by atoms with van der Waals surface area (Å²) < 4.78 is 0. The molecule has 1 amide bonds. The van der Waals surface area contributed by atoms with Crippen molar-refractivity contribution in [3.8, 4) is 10.8 Å². The Hall–Kier alpha value is -2.35. The Morgan fingerprint density at radius 2 is 2.11 bits per heavy atom. The number of carbonyl (C=O) groups excluding carboxylic acids is 1. The third-order valence-electron chi connectivity index (χ3n) is 4.49. The van der Waals surface area contributed by atoms with Crippen LogP contribution in [0.25, 0.3) is 10.8 Å². The minimum Gasteiger partial charge on any atom is -0.328 e. The van der Waals surface area contributed by atoms with Gasteiger partial charge in [0.1, 0.15) is 4.88 Å². The molecule has 0 spiro atoms. The number of amides is 1. The molecule has 4 rings (SSSR count). The van der Waals surface area contributed by atoms with Crippen LogP contribution in [0.3, 0.4) is 0 Å². The summed E-state index contributed by atoms with van der Waals surface area (Å²) in [4.78, 5) is 28.8. The Morgan fingerprint density at radius 1 is 1.30 bits per heavy atom. The Labute approximate surface area is 166 Å². The minimum atomic E-state index is -0.0668. The van der Waals surface area contributed by atoms with E-state index in [2.05, 4.69) is 20.3 Å². The average molecular weight is 400 g/mol. The van der Waals surface area contributed by atoms with Crippen molar-refractivity contribution in [3.63, 3.8) is 0 Å². The lowest BCUT2D eigenvalue weighted by atomic mass is 10.0. The molecule has 0 radical (unpaired) electrons. The van der Waals surface area contributed by atoms with Gasteiger partial charge in [0, 0.05) is 37.1 Å². The highest BCUT2D eigenvalue weighted by Gasteiger charge is 2.31. The third kappa shape index (κ3) is 3.71. The molecule has 1 atom stereocenters. The van der Waals surface area contributed by atoms with Crippen LogP contribution in [-0.4, -0.2) is 45.4 Å². The lowest BCUT2D eigenvalue weighted by Crippen LogP contribution is -2.48. The molecular formula is C19H18ClN5OS. The van der Waals surface area contributed by atoms with Gasteiger partial charge in [-0.2, -0.15) is 0 Å². The highest BCUT2D eigenvalue weighted by Crippen LogP contribution is 2.31. The zero-order valence-electron chi connectivity index (χ0n) is 14.7. The van der Waals surface area contributed by atoms with Gasteiger partial charge in [-0.25, -0.2) is 15.0 Å². The molecular weight excluding hydrogens is 382 g/mol. The minimum absolute atomic E-state index is 0.0151. The van der Waals surface area contributed by atoms with Crippen molar-refractivity contribution in [2.75, 3.05) is 19.6 Å². The summed E-state index contributed by atoms with van der Waals surface area (Å²) in [6.45, 7) is 3.94. The van der Waals surface area contributed by atoms with Crippen LogP contribution in [0.15, 0.2) is 42.7 Å². The largest absolute Gasteiger partial charge is 0.328 e. The number of halogens is 1. The van der Waals surface area contributed by atoms with Gasteiger partial charge >= 0.3 is 0 Å². The molecule has 138 valence electrons. The molecule has 1 aromatic carbocycles. The van der Waals surface area contributed by atoms with E-state index < -0.39 is 0 Å². The molecule has 0 aliphatic carbocycles. The zero-order valence-corrected chi connectivity index (χ0v) is 16.3. The van der Waals surface area contributed by atoms with E-state index in [1.165, 1.54) is 11.3 Å². The van der Waals surface area contributed by atoms with Crippen molar-refractivity contribution in [1.29, 1.82) is 0 Å². The van der Waals surface area contributed by atoms with E-state index in [1.807, 2.05) is 36.1 Å². The monoisotopic (exact) mass is 399 g/mol. The molecule has 1 aliphatic heterocycles. The first-order chi connectivity index (χ1) is 13.1. The van der Waals surface area contributed by atoms with Gasteiger partial charge in [0.15, 0.2) is 10.8 Å². The Kier molecular flexibility index (Phi) is 5.15. The number of carbonyl (C=O) groups is 1. The number of benzene rings is 1. The van der Waals surface area contributed by atoms with Gasteiger partial charge in [-0.05, 0) is 30.7 Å². The van der Waals surface area contributed by atoms with Crippen LogP contribution in [-0.2, 0) is 0 Å². The maximum absolute atomic E-state index is 13.3. The fourth-order valence-electron chi connectivity index (χ4n) is 3.19. The predicted octanol–water partition coefficient (Wildman–Crippen LogP) is 3.35. The number of nitrogens with one attached hydrogen (secondary N) is 1. The van der Waals surface area contributed by atoms with Crippen molar-refractivity contribution in [2.24, 2.45) is 0 Å². The first-order valence-electron chi connectivity index (χ1n) is 8.65. The summed E-state index contributed by atoms with van der Waals surface area (Å²) in [6.07, 6.45) is 3.35. The van der Waals surface area contributed by atoms with Gasteiger partial charge in [0.25, 0.3) is 5.91 Å². The van der Waals surface area contributed by atoms with Crippen LogP contribution in [0.2, 0.25) is 5.02 Å². The van der Waals surface area contributed by atoms with E-state index in [1.54, 1.807) is 18.5 Å². The van der Waals surface area contributed by atoms with E-state index in [0.717, 1.165) is 12.1 Å². The molecule has 2 aromatic heterocycles. The molecule has 3 heterocycles. The average Bonchev–Trinajstić information content (AvgIpc) is 3.10. The molecule has 0 saturated carbocycles. The molecule has 1 saturated heterocycles. The number of piperazine rings is 1. The van der Waals surface area contributed by atoms with Crippen molar-refractivity contribution in [1.82, 2.24) is 25.2 Å². The SMILES string of the molecule is Cc1nc(-c2ncccn2)sc1C(=O)N1CCNCC1c1cccc(Cl)c1. The maximum Gasteiger partial charge on any atom is 0.266 e. The van der Waals surface area contributed by atoms with E-state index in [0.29, 0.717) is 39.5 Å². The Morgan fingerprint density at radius 3 is 2.89 bits per heavy atom. The lowest BCUT2D eigenvalue weighted by Gasteiger charge is -2.36. The number of thiazole rings is 1. The molecule has 1 aliphatic rings. The standard InChI is InChI=1S/C19H18ClN5OS/c1-12-16(27-18(24-12)17-22-6-3-7-23-17)19(26)25-9-8-21-11-15(25)13-4-2-5-14(20)10-13/h2-7,10,15,21H,8-9,11H2,1H3. The summed E-state index contributed by atoms with van der Waals surface area (Å²) >= 11 is 7.50. The van der Waals surface area contributed by atoms with E-state index in [9.17, 15) is 4.79 Å². The molecule has 6 nitrogen and oxygen atoms in total. The number of hydrogen-bond acceptors (Lipinski definition) is 6. The van der Waals surface area contributed by atoms with Crippen LogP contribution >= 0.6 is 22.9 Å². The quantitative estimate of drug-likeness (QED) is 0.731. The summed E-state index contributed by atoms with van der Waals surface area (Å²) in [7, 11) is 0. The summed E-state index contributed by atoms with van der Waals surface area (Å²) in [6, 6.07) is 9.37. The van der Waals surface area contributed by atoms with Crippen LogP contribution in [0, 0.1) is 6.92 Å². The van der Waals surface area contributed by atoms with Crippen LogP contribution < -0.4 is 5.32 Å². The zero-order chi connectivity index (χ0) is 18.8. The summed E-state index contributed by atoms with van der Waals surface area (Å²) in [5.74, 6) is 0.523. The molecule has 1 fully saturated rings. The molecule has 0 bridgehead atoms. The van der Waals surface area contributed by atoms with E-state index in [-0.39, 0.29) is 11.9 Å². The highest BCUT2D eigenvalue weighted by atomic mass is 35.5. The van der Waals surface area contributed by atoms with Gasteiger partial charge in [-0.1, -0.05) is 23.7 Å². The summed E-state index contributed by atoms with van der Waals surface area (Å²) in [5, 5.41) is 4.69. The summed E-state index contributed by atoms with van der Waals surface area (Å²) in [5.41, 5.74) is 1.73. The second kappa shape index (κ2) is 7.72. The van der Waals surface area contributed by atoms with Gasteiger partial charge < -0.3 is 10.2 Å². The number of aromatic nitrogens is 3. The molecule has 1 unspecified atom stereocenters. The lowest BCUT2D eigenvalue weighted by molar-refractivity contribution is 0.0638.